The van der Waals surface area contributed by atoms with Gasteiger partial charge in [0.15, 0.2) is 0 Å². The van der Waals surface area contributed by atoms with Crippen molar-refractivity contribution in [3.8, 4) is 5.75 Å². The third-order valence-corrected chi connectivity index (χ3v) is 6.57. The van der Waals surface area contributed by atoms with Crippen LogP contribution in [0.5, 0.6) is 5.75 Å². The van der Waals surface area contributed by atoms with Crippen molar-refractivity contribution >= 4 is 40.2 Å². The van der Waals surface area contributed by atoms with E-state index < -0.39 is 0 Å². The van der Waals surface area contributed by atoms with Crippen LogP contribution in [0.1, 0.15) is 52.4 Å². The Labute approximate surface area is 189 Å². The average molecular weight is 459 g/mol. The number of methoxy groups -OCH3 is 1. The Balaban J connectivity index is 1.46. The minimum absolute atomic E-state index is 0.0223. The molecule has 3 aromatic rings. The van der Waals surface area contributed by atoms with E-state index >= 15 is 0 Å². The highest BCUT2D eigenvalue weighted by atomic mass is 32.1. The molecule has 0 saturated heterocycles. The molecule has 0 bridgehead atoms. The molecule has 0 unspecified atom stereocenters. The molecule has 164 valence electrons. The lowest BCUT2D eigenvalue weighted by Crippen LogP contribution is -2.31. The molecular weight excluding hydrogens is 432 g/mol. The van der Waals surface area contributed by atoms with E-state index in [1.165, 1.54) is 16.2 Å². The maximum atomic E-state index is 12.4. The number of benzene rings is 1. The Morgan fingerprint density at radius 2 is 1.90 bits per heavy atom. The maximum Gasteiger partial charge on any atom is 0.286 e. The summed E-state index contributed by atoms with van der Waals surface area (Å²) in [5.41, 5.74) is 0.657. The summed E-state index contributed by atoms with van der Waals surface area (Å²) in [5, 5.41) is 17.1. The van der Waals surface area contributed by atoms with E-state index in [4.69, 9.17) is 4.74 Å². The minimum atomic E-state index is -0.303. The highest BCUT2D eigenvalue weighted by Crippen LogP contribution is 2.26. The van der Waals surface area contributed by atoms with Crippen molar-refractivity contribution in [2.24, 2.45) is 5.92 Å². The quantitative estimate of drug-likeness (QED) is 0.459. The molecule has 31 heavy (non-hydrogen) atoms. The monoisotopic (exact) mass is 458 g/mol. The molecule has 7 nitrogen and oxygen atoms in total. The summed E-state index contributed by atoms with van der Waals surface area (Å²) >= 11 is 2.90. The van der Waals surface area contributed by atoms with Crippen LogP contribution in [0.4, 0.5) is 5.69 Å². The van der Waals surface area contributed by atoms with Crippen molar-refractivity contribution < 1.29 is 14.3 Å². The molecule has 2 aromatic heterocycles. The second kappa shape index (κ2) is 11.0. The third kappa shape index (κ3) is 6.60. The van der Waals surface area contributed by atoms with E-state index in [9.17, 15) is 9.59 Å². The molecule has 0 aliphatic rings. The molecule has 1 atom stereocenters. The number of carbonyl (C=O) groups is 2. The molecule has 0 aliphatic carbocycles. The smallest absolute Gasteiger partial charge is 0.286 e. The van der Waals surface area contributed by atoms with Crippen LogP contribution in [0.2, 0.25) is 0 Å². The molecule has 2 amide bonds. The molecule has 3 rings (SSSR count). The van der Waals surface area contributed by atoms with Crippen LogP contribution in [0, 0.1) is 5.92 Å². The Morgan fingerprint density at radius 1 is 1.13 bits per heavy atom. The van der Waals surface area contributed by atoms with Gasteiger partial charge < -0.3 is 15.4 Å². The highest BCUT2D eigenvalue weighted by Gasteiger charge is 2.19. The van der Waals surface area contributed by atoms with E-state index in [1.807, 2.05) is 11.4 Å². The van der Waals surface area contributed by atoms with Gasteiger partial charge in [0.05, 0.1) is 13.2 Å². The molecule has 0 fully saturated rings. The first kappa shape index (κ1) is 22.9. The van der Waals surface area contributed by atoms with Crippen LogP contribution < -0.4 is 15.4 Å². The number of hydrogen-bond acceptors (Lipinski definition) is 7. The van der Waals surface area contributed by atoms with Gasteiger partial charge in [0.25, 0.3) is 5.91 Å². The van der Waals surface area contributed by atoms with Gasteiger partial charge in [-0.2, -0.15) is 0 Å². The summed E-state index contributed by atoms with van der Waals surface area (Å²) in [4.78, 5) is 25.9. The summed E-state index contributed by atoms with van der Waals surface area (Å²) in [5.74, 6) is 0.754. The molecule has 1 aromatic carbocycles. The molecule has 9 heteroatoms. The fourth-order valence-corrected chi connectivity index (χ4v) is 4.71. The fraction of sp³-hybridized carbons (Fsp3) is 0.364. The number of hydrogen-bond donors (Lipinski definition) is 2. The van der Waals surface area contributed by atoms with Crippen LogP contribution in [-0.2, 0) is 11.2 Å². The number of ether oxygens (including phenoxy) is 1. The highest BCUT2D eigenvalue weighted by molar-refractivity contribution is 7.13. The fourth-order valence-electron chi connectivity index (χ4n) is 2.99. The zero-order valence-electron chi connectivity index (χ0n) is 17.8. The first-order chi connectivity index (χ1) is 15.0. The molecule has 0 radical (unpaired) electrons. The SMILES string of the molecule is COc1ccc(NC(=O)c2nnc(CCCC(=O)N[C@H](c3cccs3)C(C)C)s2)cc1. The van der Waals surface area contributed by atoms with Gasteiger partial charge in [-0.1, -0.05) is 31.3 Å². The van der Waals surface area contributed by atoms with Crippen molar-refractivity contribution in [3.05, 3.63) is 56.7 Å². The van der Waals surface area contributed by atoms with Gasteiger partial charge in [-0.05, 0) is 48.1 Å². The predicted molar refractivity (Wildman–Crippen MR) is 124 cm³/mol. The maximum absolute atomic E-state index is 12.4. The second-order valence-corrected chi connectivity index (χ2v) is 9.38. The van der Waals surface area contributed by atoms with Crippen molar-refractivity contribution in [2.75, 3.05) is 12.4 Å². The number of nitrogens with zero attached hydrogens (tertiary/aromatic N) is 2. The lowest BCUT2D eigenvalue weighted by Gasteiger charge is -2.21. The normalized spacial score (nSPS) is 11.9. The van der Waals surface area contributed by atoms with E-state index in [1.54, 1.807) is 42.7 Å². The minimum Gasteiger partial charge on any atom is -0.497 e. The number of anilines is 1. The number of nitrogens with one attached hydrogen (secondary N) is 2. The van der Waals surface area contributed by atoms with Gasteiger partial charge in [-0.15, -0.1) is 21.5 Å². The van der Waals surface area contributed by atoms with Gasteiger partial charge in [0.1, 0.15) is 10.8 Å². The Hall–Kier alpha value is -2.78. The largest absolute Gasteiger partial charge is 0.497 e. The summed E-state index contributed by atoms with van der Waals surface area (Å²) in [6.45, 7) is 4.20. The topological polar surface area (TPSA) is 93.2 Å². The zero-order chi connectivity index (χ0) is 22.2. The Kier molecular flexibility index (Phi) is 8.13. The van der Waals surface area contributed by atoms with E-state index in [-0.39, 0.29) is 17.9 Å². The first-order valence-electron chi connectivity index (χ1n) is 10.1. The van der Waals surface area contributed by atoms with Crippen LogP contribution in [-0.4, -0.2) is 29.1 Å². The molecule has 2 heterocycles. The number of aromatic nitrogens is 2. The number of carbonyl (C=O) groups excluding carboxylic acids is 2. The third-order valence-electron chi connectivity index (χ3n) is 4.64. The van der Waals surface area contributed by atoms with Crippen molar-refractivity contribution in [1.29, 1.82) is 0 Å². The van der Waals surface area contributed by atoms with E-state index in [2.05, 4.69) is 40.7 Å². The van der Waals surface area contributed by atoms with Crippen LogP contribution in [0.15, 0.2) is 41.8 Å². The molecule has 0 saturated carbocycles. The van der Waals surface area contributed by atoms with Gasteiger partial charge in [0, 0.05) is 23.4 Å². The second-order valence-electron chi connectivity index (χ2n) is 7.34. The van der Waals surface area contributed by atoms with Crippen molar-refractivity contribution in [1.82, 2.24) is 15.5 Å². The number of amides is 2. The van der Waals surface area contributed by atoms with E-state index in [0.717, 1.165) is 10.8 Å². The zero-order valence-corrected chi connectivity index (χ0v) is 19.4. The average Bonchev–Trinajstić information content (AvgIpc) is 3.45. The number of rotatable bonds is 10. The summed E-state index contributed by atoms with van der Waals surface area (Å²) in [6, 6.07) is 11.1. The first-order valence-corrected chi connectivity index (χ1v) is 11.8. The molecular formula is C22H26N4O3S2. The van der Waals surface area contributed by atoms with Crippen molar-refractivity contribution in [3.63, 3.8) is 0 Å². The van der Waals surface area contributed by atoms with E-state index in [0.29, 0.717) is 35.9 Å². The van der Waals surface area contributed by atoms with Gasteiger partial charge in [0.2, 0.25) is 10.9 Å². The molecule has 0 spiro atoms. The van der Waals surface area contributed by atoms with Crippen LogP contribution >= 0.6 is 22.7 Å². The molecule has 0 aliphatic heterocycles. The molecule has 2 N–H and O–H groups in total. The lowest BCUT2D eigenvalue weighted by molar-refractivity contribution is -0.122. The Morgan fingerprint density at radius 3 is 2.55 bits per heavy atom. The predicted octanol–water partition coefficient (Wildman–Crippen LogP) is 4.70. The number of thiophene rings is 1. The van der Waals surface area contributed by atoms with Crippen LogP contribution in [0.3, 0.4) is 0 Å². The standard InChI is InChI=1S/C22H26N4O3S2/c1-14(2)20(17-6-5-13-30-17)24-18(27)7-4-8-19-25-26-22(31-19)21(28)23-15-9-11-16(29-3)12-10-15/h5-6,9-14,20H,4,7-8H2,1-3H3,(H,23,28)(H,24,27)/t20-/m0/s1. The van der Waals surface area contributed by atoms with Gasteiger partial charge >= 0.3 is 0 Å². The van der Waals surface area contributed by atoms with Gasteiger partial charge in [-0.25, -0.2) is 0 Å². The Bertz CT molecular complexity index is 985. The summed E-state index contributed by atoms with van der Waals surface area (Å²) in [6.07, 6.45) is 1.66. The van der Waals surface area contributed by atoms with Crippen LogP contribution in [0.25, 0.3) is 0 Å². The summed E-state index contributed by atoms with van der Waals surface area (Å²) in [7, 11) is 1.59. The summed E-state index contributed by atoms with van der Waals surface area (Å²) < 4.78 is 5.11. The number of aryl methyl sites for hydroxylation is 1. The lowest BCUT2D eigenvalue weighted by atomic mass is 10.0. The van der Waals surface area contributed by atoms with Crippen molar-refractivity contribution in [2.45, 2.75) is 39.2 Å². The van der Waals surface area contributed by atoms with Gasteiger partial charge in [-0.3, -0.25) is 9.59 Å².